The Labute approximate surface area is 115 Å². The number of nitrogens with zero attached hydrogens (tertiary/aromatic N) is 4. The van der Waals surface area contributed by atoms with Gasteiger partial charge in [-0.15, -0.1) is 5.10 Å². The Balaban J connectivity index is 2.02. The predicted molar refractivity (Wildman–Crippen MR) is 76.7 cm³/mol. The number of fused-ring (bicyclic) bond motifs is 1. The fourth-order valence-electron chi connectivity index (χ4n) is 2.01. The van der Waals surface area contributed by atoms with Crippen LogP contribution < -0.4 is 10.9 Å². The van der Waals surface area contributed by atoms with Gasteiger partial charge in [0.2, 0.25) is 0 Å². The number of rotatable bonds is 3. The molecular weight excluding hydrogens is 254 g/mol. The van der Waals surface area contributed by atoms with E-state index in [-0.39, 0.29) is 5.56 Å². The number of hydrogen-bond acceptors (Lipinski definition) is 5. The number of anilines is 1. The molecule has 0 atom stereocenters. The largest absolute Gasteiger partial charge is 0.373 e. The van der Waals surface area contributed by atoms with Gasteiger partial charge in [-0.25, -0.2) is 9.67 Å². The monoisotopic (exact) mass is 267 g/mol. The van der Waals surface area contributed by atoms with Crippen LogP contribution in [0.3, 0.4) is 0 Å². The standard InChI is InChI=1S/C14H13N5O/c1-15-13-8-10(6-7-16-13)9-19-14(20)11-4-2-3-5-12(11)17-18-19/h2-8H,9H2,1H3,(H,15,16). The quantitative estimate of drug-likeness (QED) is 0.773. The summed E-state index contributed by atoms with van der Waals surface area (Å²) in [5.41, 5.74) is 1.41. The van der Waals surface area contributed by atoms with E-state index in [9.17, 15) is 4.79 Å². The minimum atomic E-state index is -0.140. The molecule has 0 amide bonds. The third-order valence-corrected chi connectivity index (χ3v) is 3.04. The molecule has 3 aromatic rings. The molecule has 1 aromatic carbocycles. The Bertz CT molecular complexity index is 812. The zero-order valence-electron chi connectivity index (χ0n) is 10.9. The highest BCUT2D eigenvalue weighted by Crippen LogP contribution is 2.08. The molecule has 2 heterocycles. The Morgan fingerprint density at radius 2 is 2.10 bits per heavy atom. The Kier molecular flexibility index (Phi) is 3.12. The van der Waals surface area contributed by atoms with Gasteiger partial charge in [-0.2, -0.15) is 0 Å². The van der Waals surface area contributed by atoms with Crippen LogP contribution in [0.1, 0.15) is 5.56 Å². The summed E-state index contributed by atoms with van der Waals surface area (Å²) in [6.07, 6.45) is 1.70. The molecule has 1 N–H and O–H groups in total. The summed E-state index contributed by atoms with van der Waals surface area (Å²) < 4.78 is 1.36. The molecular formula is C14H13N5O. The summed E-state index contributed by atoms with van der Waals surface area (Å²) in [6.45, 7) is 0.369. The summed E-state index contributed by atoms with van der Waals surface area (Å²) >= 11 is 0. The van der Waals surface area contributed by atoms with E-state index in [1.165, 1.54) is 4.68 Å². The molecule has 0 aliphatic carbocycles. The molecule has 0 aliphatic rings. The first-order chi connectivity index (χ1) is 9.78. The number of pyridine rings is 1. The van der Waals surface area contributed by atoms with Crippen molar-refractivity contribution >= 4 is 16.7 Å². The van der Waals surface area contributed by atoms with Crippen molar-refractivity contribution in [2.75, 3.05) is 12.4 Å². The van der Waals surface area contributed by atoms with E-state index < -0.39 is 0 Å². The highest BCUT2D eigenvalue weighted by molar-refractivity contribution is 5.76. The van der Waals surface area contributed by atoms with Gasteiger partial charge < -0.3 is 5.32 Å². The maximum absolute atomic E-state index is 12.3. The van der Waals surface area contributed by atoms with Gasteiger partial charge in [-0.1, -0.05) is 17.3 Å². The van der Waals surface area contributed by atoms with E-state index in [0.717, 1.165) is 11.4 Å². The first-order valence-electron chi connectivity index (χ1n) is 6.23. The molecule has 0 fully saturated rings. The molecule has 0 radical (unpaired) electrons. The minimum absolute atomic E-state index is 0.140. The van der Waals surface area contributed by atoms with E-state index >= 15 is 0 Å². The molecule has 6 heteroatoms. The maximum atomic E-state index is 12.3. The molecule has 0 bridgehead atoms. The van der Waals surface area contributed by atoms with Crippen LogP contribution in [0.25, 0.3) is 10.9 Å². The van der Waals surface area contributed by atoms with Crippen LogP contribution in [0.5, 0.6) is 0 Å². The molecule has 0 saturated carbocycles. The molecule has 0 aliphatic heterocycles. The predicted octanol–water partition coefficient (Wildman–Crippen LogP) is 1.28. The number of hydrogen-bond donors (Lipinski definition) is 1. The van der Waals surface area contributed by atoms with Crippen LogP contribution >= 0.6 is 0 Å². The van der Waals surface area contributed by atoms with Gasteiger partial charge in [0.15, 0.2) is 0 Å². The molecule has 2 aromatic heterocycles. The summed E-state index contributed by atoms with van der Waals surface area (Å²) in [5, 5.41) is 11.6. The van der Waals surface area contributed by atoms with Crippen molar-refractivity contribution in [2.24, 2.45) is 0 Å². The number of nitrogens with one attached hydrogen (secondary N) is 1. The van der Waals surface area contributed by atoms with E-state index in [2.05, 4.69) is 20.6 Å². The molecule has 0 saturated heterocycles. The number of aromatic nitrogens is 4. The summed E-state index contributed by atoms with van der Waals surface area (Å²) in [5.74, 6) is 0.754. The Morgan fingerprint density at radius 3 is 2.95 bits per heavy atom. The molecule has 100 valence electrons. The first kappa shape index (κ1) is 12.3. The third kappa shape index (κ3) is 2.23. The summed E-state index contributed by atoms with van der Waals surface area (Å²) in [4.78, 5) is 16.5. The lowest BCUT2D eigenvalue weighted by Crippen LogP contribution is -2.24. The van der Waals surface area contributed by atoms with Gasteiger partial charge in [-0.3, -0.25) is 4.79 Å². The molecule has 3 rings (SSSR count). The van der Waals surface area contributed by atoms with Crippen LogP contribution in [-0.2, 0) is 6.54 Å². The van der Waals surface area contributed by atoms with Crippen molar-refractivity contribution in [1.29, 1.82) is 0 Å². The average Bonchev–Trinajstić information content (AvgIpc) is 2.50. The Morgan fingerprint density at radius 1 is 1.25 bits per heavy atom. The second-order valence-corrected chi connectivity index (χ2v) is 4.37. The van der Waals surface area contributed by atoms with Crippen molar-refractivity contribution in [1.82, 2.24) is 20.0 Å². The van der Waals surface area contributed by atoms with Crippen molar-refractivity contribution in [3.8, 4) is 0 Å². The minimum Gasteiger partial charge on any atom is -0.373 e. The van der Waals surface area contributed by atoms with Gasteiger partial charge in [0.25, 0.3) is 5.56 Å². The summed E-state index contributed by atoms with van der Waals surface area (Å²) in [6, 6.07) is 10.9. The SMILES string of the molecule is CNc1cc(Cn2nnc3ccccc3c2=O)ccn1. The second kappa shape index (κ2) is 5.08. The van der Waals surface area contributed by atoms with Gasteiger partial charge in [0.05, 0.1) is 11.9 Å². The van der Waals surface area contributed by atoms with Crippen LogP contribution in [-0.4, -0.2) is 27.0 Å². The highest BCUT2D eigenvalue weighted by Gasteiger charge is 2.06. The summed E-state index contributed by atoms with van der Waals surface area (Å²) in [7, 11) is 1.80. The normalized spacial score (nSPS) is 10.7. The second-order valence-electron chi connectivity index (χ2n) is 4.37. The van der Waals surface area contributed by atoms with Crippen molar-refractivity contribution < 1.29 is 0 Å². The van der Waals surface area contributed by atoms with Crippen molar-refractivity contribution in [3.63, 3.8) is 0 Å². The van der Waals surface area contributed by atoms with E-state index in [4.69, 9.17) is 0 Å². The van der Waals surface area contributed by atoms with Gasteiger partial charge in [-0.05, 0) is 29.8 Å². The van der Waals surface area contributed by atoms with Gasteiger partial charge in [0, 0.05) is 13.2 Å². The highest BCUT2D eigenvalue weighted by atomic mass is 16.1. The lowest BCUT2D eigenvalue weighted by Gasteiger charge is -2.06. The fraction of sp³-hybridized carbons (Fsp3) is 0.143. The molecule has 20 heavy (non-hydrogen) atoms. The topological polar surface area (TPSA) is 72.7 Å². The lowest BCUT2D eigenvalue weighted by atomic mass is 10.2. The van der Waals surface area contributed by atoms with Crippen LogP contribution in [0.15, 0.2) is 47.4 Å². The average molecular weight is 267 g/mol. The zero-order valence-corrected chi connectivity index (χ0v) is 10.9. The van der Waals surface area contributed by atoms with E-state index in [1.807, 2.05) is 24.3 Å². The molecule has 0 unspecified atom stereocenters. The molecule has 6 nitrogen and oxygen atoms in total. The Hall–Kier alpha value is -2.76. The maximum Gasteiger partial charge on any atom is 0.277 e. The molecule has 0 spiro atoms. The van der Waals surface area contributed by atoms with E-state index in [1.54, 1.807) is 25.4 Å². The first-order valence-corrected chi connectivity index (χ1v) is 6.23. The van der Waals surface area contributed by atoms with Crippen LogP contribution in [0.4, 0.5) is 5.82 Å². The van der Waals surface area contributed by atoms with E-state index in [0.29, 0.717) is 17.4 Å². The van der Waals surface area contributed by atoms with Gasteiger partial charge in [0.1, 0.15) is 11.3 Å². The smallest absolute Gasteiger partial charge is 0.277 e. The van der Waals surface area contributed by atoms with Gasteiger partial charge >= 0.3 is 0 Å². The van der Waals surface area contributed by atoms with Crippen LogP contribution in [0.2, 0.25) is 0 Å². The number of benzene rings is 1. The zero-order chi connectivity index (χ0) is 13.9. The lowest BCUT2D eigenvalue weighted by molar-refractivity contribution is 0.600. The van der Waals surface area contributed by atoms with Crippen molar-refractivity contribution in [2.45, 2.75) is 6.54 Å². The fourth-order valence-corrected chi connectivity index (χ4v) is 2.01. The van der Waals surface area contributed by atoms with Crippen LogP contribution in [0, 0.1) is 0 Å². The third-order valence-electron chi connectivity index (χ3n) is 3.04. The van der Waals surface area contributed by atoms with Crippen molar-refractivity contribution in [3.05, 3.63) is 58.5 Å².